The van der Waals surface area contributed by atoms with Crippen molar-refractivity contribution in [2.75, 3.05) is 50.7 Å². The van der Waals surface area contributed by atoms with Gasteiger partial charge in [0.25, 0.3) is 11.8 Å². The van der Waals surface area contributed by atoms with Crippen LogP contribution in [0.4, 0.5) is 14.9 Å². The van der Waals surface area contributed by atoms with Crippen molar-refractivity contribution in [3.05, 3.63) is 29.1 Å². The third-order valence-electron chi connectivity index (χ3n) is 10.5. The molecule has 4 fully saturated rings. The minimum absolute atomic E-state index is 0.0359. The lowest BCUT2D eigenvalue weighted by Gasteiger charge is -2.42. The number of ether oxygens (including phenoxy) is 1. The van der Waals surface area contributed by atoms with Gasteiger partial charge in [0.15, 0.2) is 0 Å². The highest BCUT2D eigenvalue weighted by Crippen LogP contribution is 2.37. The van der Waals surface area contributed by atoms with Gasteiger partial charge in [-0.2, -0.15) is 0 Å². The maximum atomic E-state index is 15.4. The van der Waals surface area contributed by atoms with Crippen LogP contribution >= 0.6 is 0 Å². The molecule has 5 heterocycles. The van der Waals surface area contributed by atoms with E-state index in [2.05, 4.69) is 10.2 Å². The molecule has 6 rings (SSSR count). The normalized spacial score (nSPS) is 24.4. The average Bonchev–Trinajstić information content (AvgIpc) is 3.25. The Kier molecular flexibility index (Phi) is 9.11. The molecule has 0 aromatic heterocycles. The van der Waals surface area contributed by atoms with Crippen LogP contribution in [0.15, 0.2) is 12.1 Å². The summed E-state index contributed by atoms with van der Waals surface area (Å²) in [6.07, 6.45) is 6.09. The zero-order valence-corrected chi connectivity index (χ0v) is 27.2. The van der Waals surface area contributed by atoms with Gasteiger partial charge in [0.1, 0.15) is 17.5 Å². The van der Waals surface area contributed by atoms with Gasteiger partial charge in [-0.05, 0) is 109 Å². The molecule has 1 aromatic rings. The Bertz CT molecular complexity index is 1390. The lowest BCUT2D eigenvalue weighted by molar-refractivity contribution is -0.136. The summed E-state index contributed by atoms with van der Waals surface area (Å²) in [5, 5.41) is 2.19. The van der Waals surface area contributed by atoms with Crippen LogP contribution in [0.25, 0.3) is 0 Å². The summed E-state index contributed by atoms with van der Waals surface area (Å²) in [7, 11) is 0. The topological polar surface area (TPSA) is 120 Å². The van der Waals surface area contributed by atoms with Gasteiger partial charge < -0.3 is 19.4 Å². The number of nitrogens with zero attached hydrogens (tertiary/aromatic N) is 4. The minimum Gasteiger partial charge on any atom is -0.444 e. The number of benzene rings is 1. The van der Waals surface area contributed by atoms with E-state index in [0.29, 0.717) is 36.5 Å². The van der Waals surface area contributed by atoms with Gasteiger partial charge in [-0.15, -0.1) is 0 Å². The number of hydrogen-bond donors (Lipinski definition) is 1. The van der Waals surface area contributed by atoms with E-state index in [1.807, 2.05) is 30.6 Å². The van der Waals surface area contributed by atoms with E-state index in [4.69, 9.17) is 4.74 Å². The van der Waals surface area contributed by atoms with E-state index < -0.39 is 41.1 Å². The van der Waals surface area contributed by atoms with Gasteiger partial charge >= 0.3 is 6.09 Å². The van der Waals surface area contributed by atoms with Crippen molar-refractivity contribution in [3.8, 4) is 0 Å². The van der Waals surface area contributed by atoms with Gasteiger partial charge in [0.05, 0.1) is 16.8 Å². The molecule has 4 saturated heterocycles. The van der Waals surface area contributed by atoms with Gasteiger partial charge in [-0.3, -0.25) is 29.4 Å². The molecule has 11 nitrogen and oxygen atoms in total. The molecule has 0 spiro atoms. The van der Waals surface area contributed by atoms with Crippen LogP contribution in [-0.2, 0) is 14.3 Å². The first-order valence-corrected chi connectivity index (χ1v) is 16.9. The number of anilines is 1. The molecule has 1 unspecified atom stereocenters. The van der Waals surface area contributed by atoms with Crippen LogP contribution in [0.5, 0.6) is 0 Å². The molecule has 0 radical (unpaired) electrons. The van der Waals surface area contributed by atoms with Crippen molar-refractivity contribution in [3.63, 3.8) is 0 Å². The summed E-state index contributed by atoms with van der Waals surface area (Å²) < 4.78 is 20.9. The quantitative estimate of drug-likeness (QED) is 0.484. The van der Waals surface area contributed by atoms with E-state index in [-0.39, 0.29) is 30.1 Å². The second-order valence-electron chi connectivity index (χ2n) is 14.7. The zero-order valence-electron chi connectivity index (χ0n) is 27.2. The first-order chi connectivity index (χ1) is 21.9. The first kappa shape index (κ1) is 32.4. The zero-order chi connectivity index (χ0) is 32.7. The Balaban J connectivity index is 0.973. The molecule has 0 saturated carbocycles. The third-order valence-corrected chi connectivity index (χ3v) is 10.5. The number of piperidine rings is 4. The Labute approximate surface area is 269 Å². The van der Waals surface area contributed by atoms with Crippen LogP contribution in [0, 0.1) is 23.6 Å². The van der Waals surface area contributed by atoms with E-state index in [9.17, 15) is 24.0 Å². The molecular weight excluding hydrogens is 593 g/mol. The van der Waals surface area contributed by atoms with E-state index in [0.717, 1.165) is 82.2 Å². The monoisotopic (exact) mass is 639 g/mol. The molecule has 1 N–H and O–H groups in total. The van der Waals surface area contributed by atoms with Crippen molar-refractivity contribution in [1.82, 2.24) is 20.0 Å². The van der Waals surface area contributed by atoms with E-state index in [1.54, 1.807) is 0 Å². The molecule has 0 bridgehead atoms. The molecule has 5 amide bonds. The van der Waals surface area contributed by atoms with Crippen LogP contribution in [-0.4, -0.2) is 102 Å². The summed E-state index contributed by atoms with van der Waals surface area (Å²) >= 11 is 0. The summed E-state index contributed by atoms with van der Waals surface area (Å²) in [5.74, 6) is -1.18. The van der Waals surface area contributed by atoms with Crippen molar-refractivity contribution in [1.29, 1.82) is 0 Å². The molecule has 5 aliphatic heterocycles. The highest BCUT2D eigenvalue weighted by molar-refractivity contribution is 6.23. The fourth-order valence-corrected chi connectivity index (χ4v) is 7.93. The van der Waals surface area contributed by atoms with Gasteiger partial charge in [-0.1, -0.05) is 0 Å². The lowest BCUT2D eigenvalue weighted by Crippen LogP contribution is -2.54. The minimum atomic E-state index is -1.07. The number of carbonyl (C=O) groups is 5. The second kappa shape index (κ2) is 12.9. The SMILES string of the molecule is CC(C)(C)OC(=O)N1CCC(CN2CCC(C3CCN(c4cc5c(cc4F)C(=O)N(C4CCC(=O)NC4=O)C5=O)CC3)CC2)CC1. The summed E-state index contributed by atoms with van der Waals surface area (Å²) in [6.45, 7) is 11.8. The standard InChI is InChI=1S/C34H46FN5O6/c1-34(2,3)46-33(45)39-14-6-21(7-15-39)20-37-12-8-22(9-13-37)23-10-16-38(17-11-23)28-19-25-24(18-26(28)35)31(43)40(32(25)44)27-4-5-29(41)36-30(27)42/h18-19,21-23,27H,4-17,20H2,1-3H3,(H,36,41,42). The van der Waals surface area contributed by atoms with Crippen molar-refractivity contribution < 1.29 is 33.1 Å². The lowest BCUT2D eigenvalue weighted by atomic mass is 9.78. The molecule has 1 atom stereocenters. The number of fused-ring (bicyclic) bond motifs is 1. The number of amides is 5. The number of likely N-dealkylation sites (tertiary alicyclic amines) is 2. The molecule has 5 aliphatic rings. The predicted octanol–water partition coefficient (Wildman–Crippen LogP) is 3.80. The van der Waals surface area contributed by atoms with Gasteiger partial charge in [0, 0.05) is 39.1 Å². The van der Waals surface area contributed by atoms with E-state index >= 15 is 4.39 Å². The number of nitrogens with one attached hydrogen (secondary N) is 1. The molecule has 1 aromatic carbocycles. The molecule has 250 valence electrons. The Morgan fingerprint density at radius 1 is 0.848 bits per heavy atom. The fraction of sp³-hybridized carbons (Fsp3) is 0.676. The van der Waals surface area contributed by atoms with Gasteiger partial charge in [0.2, 0.25) is 11.8 Å². The highest BCUT2D eigenvalue weighted by atomic mass is 19.1. The summed E-state index contributed by atoms with van der Waals surface area (Å²) in [5.41, 5.74) is -0.0867. The maximum absolute atomic E-state index is 15.4. The number of hydrogen-bond acceptors (Lipinski definition) is 8. The Morgan fingerprint density at radius 3 is 2.02 bits per heavy atom. The number of imide groups is 2. The first-order valence-electron chi connectivity index (χ1n) is 16.9. The second-order valence-corrected chi connectivity index (χ2v) is 14.7. The molecular formula is C34H46FN5O6. The van der Waals surface area contributed by atoms with Crippen molar-refractivity contribution in [2.24, 2.45) is 17.8 Å². The molecule has 12 heteroatoms. The Morgan fingerprint density at radius 2 is 1.43 bits per heavy atom. The highest BCUT2D eigenvalue weighted by Gasteiger charge is 2.45. The van der Waals surface area contributed by atoms with Gasteiger partial charge in [-0.25, -0.2) is 9.18 Å². The fourth-order valence-electron chi connectivity index (χ4n) is 7.93. The summed E-state index contributed by atoms with van der Waals surface area (Å²) in [6, 6.07) is 1.52. The molecule has 46 heavy (non-hydrogen) atoms. The Hall–Kier alpha value is -3.54. The van der Waals surface area contributed by atoms with Crippen molar-refractivity contribution in [2.45, 2.75) is 83.8 Å². The molecule has 0 aliphatic carbocycles. The van der Waals surface area contributed by atoms with E-state index in [1.165, 1.54) is 6.07 Å². The smallest absolute Gasteiger partial charge is 0.410 e. The van der Waals surface area contributed by atoms with Crippen molar-refractivity contribution >= 4 is 35.4 Å². The summed E-state index contributed by atoms with van der Waals surface area (Å²) in [4.78, 5) is 69.9. The van der Waals surface area contributed by atoms with Crippen LogP contribution in [0.2, 0.25) is 0 Å². The number of rotatable bonds is 5. The van der Waals surface area contributed by atoms with Crippen LogP contribution in [0.1, 0.15) is 92.9 Å². The number of carbonyl (C=O) groups excluding carboxylic acids is 5. The van der Waals surface area contributed by atoms with Crippen LogP contribution in [0.3, 0.4) is 0 Å². The third kappa shape index (κ3) is 6.77. The van der Waals surface area contributed by atoms with Crippen LogP contribution < -0.4 is 10.2 Å². The average molecular weight is 640 g/mol. The largest absolute Gasteiger partial charge is 0.444 e. The number of halogens is 1. The predicted molar refractivity (Wildman–Crippen MR) is 168 cm³/mol. The maximum Gasteiger partial charge on any atom is 0.410 e.